The number of aryl methyl sites for hydroxylation is 1. The summed E-state index contributed by atoms with van der Waals surface area (Å²) < 4.78 is 0.613. The molecule has 0 aliphatic rings. The zero-order valence-corrected chi connectivity index (χ0v) is 12.3. The van der Waals surface area contributed by atoms with Gasteiger partial charge < -0.3 is 10.2 Å². The van der Waals surface area contributed by atoms with E-state index in [1.165, 1.54) is 0 Å². The third-order valence-corrected chi connectivity index (χ3v) is 3.17. The maximum absolute atomic E-state index is 10.4. The van der Waals surface area contributed by atoms with Crippen LogP contribution in [-0.4, -0.2) is 22.2 Å². The molecule has 0 bridgehead atoms. The van der Waals surface area contributed by atoms with Crippen LogP contribution in [0.3, 0.4) is 0 Å². The van der Waals surface area contributed by atoms with Crippen LogP contribution in [0.15, 0.2) is 53.0 Å². The largest absolute Gasteiger partial charge is 0.478 e. The highest BCUT2D eigenvalue weighted by atomic mass is 79.9. The van der Waals surface area contributed by atoms with Crippen molar-refractivity contribution in [2.75, 3.05) is 0 Å². The molecule has 0 unspecified atom stereocenters. The standard InChI is InChI=1S/C8H8O2.C7H5BrO2/c1-6-4-2-3-5-7(6)8(9)10;8-6-4-2-1-3-5(6)7(9)10/h2-5H,1H3,(H,9,10);1-4H,(H,9,10). The van der Waals surface area contributed by atoms with E-state index in [9.17, 15) is 9.59 Å². The molecule has 104 valence electrons. The first-order chi connectivity index (χ1) is 9.43. The van der Waals surface area contributed by atoms with Gasteiger partial charge in [0.2, 0.25) is 0 Å². The van der Waals surface area contributed by atoms with Crippen LogP contribution in [0.1, 0.15) is 26.3 Å². The van der Waals surface area contributed by atoms with Crippen molar-refractivity contribution < 1.29 is 19.8 Å². The lowest BCUT2D eigenvalue weighted by molar-refractivity contribution is 0.0685. The smallest absolute Gasteiger partial charge is 0.336 e. The van der Waals surface area contributed by atoms with Crippen molar-refractivity contribution in [3.8, 4) is 0 Å². The molecule has 0 radical (unpaired) electrons. The predicted octanol–water partition coefficient (Wildman–Crippen LogP) is 3.84. The summed E-state index contributed by atoms with van der Waals surface area (Å²) in [5, 5.41) is 17.1. The van der Waals surface area contributed by atoms with Gasteiger partial charge in [0, 0.05) is 4.47 Å². The van der Waals surface area contributed by atoms with Crippen molar-refractivity contribution >= 4 is 27.9 Å². The molecule has 0 saturated heterocycles. The van der Waals surface area contributed by atoms with Gasteiger partial charge in [-0.2, -0.15) is 0 Å². The second-order valence-electron chi connectivity index (χ2n) is 3.91. The summed E-state index contributed by atoms with van der Waals surface area (Å²) in [7, 11) is 0. The molecule has 0 saturated carbocycles. The van der Waals surface area contributed by atoms with E-state index in [2.05, 4.69) is 15.9 Å². The Bertz CT molecular complexity index is 567. The van der Waals surface area contributed by atoms with E-state index in [-0.39, 0.29) is 0 Å². The second-order valence-corrected chi connectivity index (χ2v) is 4.76. The molecular weight excluding hydrogens is 324 g/mol. The molecule has 5 heteroatoms. The quantitative estimate of drug-likeness (QED) is 0.873. The van der Waals surface area contributed by atoms with Gasteiger partial charge in [0.15, 0.2) is 0 Å². The molecule has 0 aliphatic heterocycles. The van der Waals surface area contributed by atoms with E-state index in [1.807, 2.05) is 6.07 Å². The first-order valence-electron chi connectivity index (χ1n) is 5.70. The molecule has 0 amide bonds. The van der Waals surface area contributed by atoms with Crippen LogP contribution in [0.4, 0.5) is 0 Å². The van der Waals surface area contributed by atoms with Crippen LogP contribution in [0, 0.1) is 6.92 Å². The molecule has 4 nitrogen and oxygen atoms in total. The number of rotatable bonds is 2. The molecule has 2 aromatic rings. The minimum Gasteiger partial charge on any atom is -0.478 e. The van der Waals surface area contributed by atoms with Gasteiger partial charge in [-0.3, -0.25) is 0 Å². The number of benzene rings is 2. The molecule has 2 N–H and O–H groups in total. The average Bonchev–Trinajstić information content (AvgIpc) is 2.40. The Morgan fingerprint density at radius 2 is 1.30 bits per heavy atom. The molecule has 20 heavy (non-hydrogen) atoms. The molecule has 2 aromatic carbocycles. The van der Waals surface area contributed by atoms with Gasteiger partial charge in [-0.1, -0.05) is 30.3 Å². The Morgan fingerprint density at radius 3 is 1.65 bits per heavy atom. The summed E-state index contributed by atoms with van der Waals surface area (Å²) in [6.45, 7) is 1.78. The summed E-state index contributed by atoms with van der Waals surface area (Å²) in [5.74, 6) is -1.77. The summed E-state index contributed by atoms with van der Waals surface area (Å²) in [4.78, 5) is 20.8. The fourth-order valence-electron chi connectivity index (χ4n) is 1.45. The minimum absolute atomic E-state index is 0.294. The monoisotopic (exact) mass is 336 g/mol. The third-order valence-electron chi connectivity index (χ3n) is 2.48. The molecule has 0 aliphatic carbocycles. The van der Waals surface area contributed by atoms with E-state index in [0.29, 0.717) is 15.6 Å². The van der Waals surface area contributed by atoms with Crippen LogP contribution >= 0.6 is 15.9 Å². The fraction of sp³-hybridized carbons (Fsp3) is 0.0667. The van der Waals surface area contributed by atoms with Crippen LogP contribution in [0.5, 0.6) is 0 Å². The van der Waals surface area contributed by atoms with Crippen molar-refractivity contribution in [1.29, 1.82) is 0 Å². The summed E-state index contributed by atoms with van der Waals surface area (Å²) in [6, 6.07) is 13.6. The summed E-state index contributed by atoms with van der Waals surface area (Å²) in [5.41, 5.74) is 1.47. The van der Waals surface area contributed by atoms with Gasteiger partial charge in [0.05, 0.1) is 11.1 Å². The van der Waals surface area contributed by atoms with E-state index < -0.39 is 11.9 Å². The van der Waals surface area contributed by atoms with Crippen LogP contribution in [0.25, 0.3) is 0 Å². The van der Waals surface area contributed by atoms with Crippen molar-refractivity contribution in [3.63, 3.8) is 0 Å². The van der Waals surface area contributed by atoms with Crippen LogP contribution < -0.4 is 0 Å². The maximum atomic E-state index is 10.4. The molecule has 0 aromatic heterocycles. The minimum atomic E-state index is -0.910. The van der Waals surface area contributed by atoms with E-state index in [0.717, 1.165) is 5.56 Å². The number of hydrogen-bond acceptors (Lipinski definition) is 2. The molecular formula is C15H13BrO4. The average molecular weight is 337 g/mol. The summed E-state index contributed by atoms with van der Waals surface area (Å²) >= 11 is 3.12. The van der Waals surface area contributed by atoms with Gasteiger partial charge in [0.25, 0.3) is 0 Å². The van der Waals surface area contributed by atoms with E-state index in [4.69, 9.17) is 10.2 Å². The Morgan fingerprint density at radius 1 is 0.850 bits per heavy atom. The topological polar surface area (TPSA) is 74.6 Å². The van der Waals surface area contributed by atoms with Crippen molar-refractivity contribution in [2.45, 2.75) is 6.92 Å². The first-order valence-corrected chi connectivity index (χ1v) is 6.49. The lowest BCUT2D eigenvalue weighted by Crippen LogP contribution is -1.97. The Hall–Kier alpha value is -2.14. The number of hydrogen-bond donors (Lipinski definition) is 2. The first kappa shape index (κ1) is 15.9. The highest BCUT2D eigenvalue weighted by molar-refractivity contribution is 9.10. The van der Waals surface area contributed by atoms with Crippen LogP contribution in [-0.2, 0) is 0 Å². The Labute approximate surface area is 124 Å². The number of aromatic carboxylic acids is 2. The predicted molar refractivity (Wildman–Crippen MR) is 79.2 cm³/mol. The number of carboxylic acid groups (broad SMARTS) is 2. The third kappa shape index (κ3) is 4.51. The van der Waals surface area contributed by atoms with Crippen molar-refractivity contribution in [2.24, 2.45) is 0 Å². The lowest BCUT2D eigenvalue weighted by atomic mass is 10.1. The van der Waals surface area contributed by atoms with Crippen molar-refractivity contribution in [1.82, 2.24) is 0 Å². The van der Waals surface area contributed by atoms with E-state index >= 15 is 0 Å². The zero-order valence-electron chi connectivity index (χ0n) is 10.7. The summed E-state index contributed by atoms with van der Waals surface area (Å²) in [6.07, 6.45) is 0. The highest BCUT2D eigenvalue weighted by Gasteiger charge is 2.04. The number of carbonyl (C=O) groups is 2. The maximum Gasteiger partial charge on any atom is 0.336 e. The van der Waals surface area contributed by atoms with Crippen molar-refractivity contribution in [3.05, 3.63) is 69.7 Å². The number of halogens is 1. The molecule has 2 rings (SSSR count). The van der Waals surface area contributed by atoms with Crippen LogP contribution in [0.2, 0.25) is 0 Å². The Kier molecular flexibility index (Phi) is 5.93. The molecule has 0 spiro atoms. The highest BCUT2D eigenvalue weighted by Crippen LogP contribution is 2.14. The Balaban J connectivity index is 0.000000200. The SMILES string of the molecule is Cc1ccccc1C(=O)O.O=C(O)c1ccccc1Br. The van der Waals surface area contributed by atoms with Gasteiger partial charge in [-0.25, -0.2) is 9.59 Å². The second kappa shape index (κ2) is 7.45. The molecule has 0 fully saturated rings. The van der Waals surface area contributed by atoms with Gasteiger partial charge in [0.1, 0.15) is 0 Å². The normalized spacial score (nSPS) is 9.30. The van der Waals surface area contributed by atoms with Gasteiger partial charge in [-0.15, -0.1) is 0 Å². The number of carboxylic acids is 2. The van der Waals surface area contributed by atoms with Gasteiger partial charge >= 0.3 is 11.9 Å². The molecule has 0 atom stereocenters. The lowest BCUT2D eigenvalue weighted by Gasteiger charge is -1.96. The zero-order chi connectivity index (χ0) is 15.1. The van der Waals surface area contributed by atoms with Gasteiger partial charge in [-0.05, 0) is 46.6 Å². The molecule has 0 heterocycles. The van der Waals surface area contributed by atoms with E-state index in [1.54, 1.807) is 49.4 Å². The fourth-order valence-corrected chi connectivity index (χ4v) is 1.90.